The maximum Gasteiger partial charge on any atom is 0.331 e. The molecule has 2 rings (SSSR count). The summed E-state index contributed by atoms with van der Waals surface area (Å²) in [6.07, 6.45) is 3.73. The summed E-state index contributed by atoms with van der Waals surface area (Å²) in [5.74, 6) is -1.36. The molecule has 0 unspecified atom stereocenters. The number of ether oxygens (including phenoxy) is 1. The highest BCUT2D eigenvalue weighted by atomic mass is 32.2. The van der Waals surface area contributed by atoms with E-state index < -0.39 is 24.0 Å². The van der Waals surface area contributed by atoms with Crippen LogP contribution in [-0.4, -0.2) is 30.3 Å². The highest BCUT2D eigenvalue weighted by molar-refractivity contribution is 7.98. The van der Waals surface area contributed by atoms with Gasteiger partial charge in [0.2, 0.25) is 0 Å². The SMILES string of the molecule is CSc1ccc(/C=C/C(=O)O[C@H](C)C(=O)NC(=O)NCc2ccccc2)cc1. The molecule has 0 saturated heterocycles. The van der Waals surface area contributed by atoms with Crippen LogP contribution in [0.2, 0.25) is 0 Å². The summed E-state index contributed by atoms with van der Waals surface area (Å²) < 4.78 is 5.02. The summed E-state index contributed by atoms with van der Waals surface area (Å²) in [4.78, 5) is 36.7. The molecule has 2 aromatic carbocycles. The molecule has 6 nitrogen and oxygen atoms in total. The Balaban J connectivity index is 1.76. The second-order valence-electron chi connectivity index (χ2n) is 5.84. The minimum atomic E-state index is -1.10. The number of rotatable bonds is 7. The molecule has 2 aromatic rings. The van der Waals surface area contributed by atoms with Gasteiger partial charge in [-0.3, -0.25) is 10.1 Å². The Hall–Kier alpha value is -3.06. The van der Waals surface area contributed by atoms with Crippen LogP contribution >= 0.6 is 11.8 Å². The molecule has 146 valence electrons. The van der Waals surface area contributed by atoms with Crippen LogP contribution in [0.15, 0.2) is 65.6 Å². The third-order valence-electron chi connectivity index (χ3n) is 3.72. The van der Waals surface area contributed by atoms with Gasteiger partial charge < -0.3 is 10.1 Å². The van der Waals surface area contributed by atoms with Crippen LogP contribution in [-0.2, 0) is 20.9 Å². The van der Waals surface area contributed by atoms with Gasteiger partial charge in [-0.05, 0) is 42.5 Å². The number of amides is 3. The van der Waals surface area contributed by atoms with Gasteiger partial charge in [0.05, 0.1) is 0 Å². The van der Waals surface area contributed by atoms with Crippen molar-refractivity contribution in [1.29, 1.82) is 0 Å². The molecule has 2 N–H and O–H groups in total. The van der Waals surface area contributed by atoms with E-state index in [-0.39, 0.29) is 6.54 Å². The number of carbonyl (C=O) groups excluding carboxylic acids is 3. The van der Waals surface area contributed by atoms with E-state index in [1.54, 1.807) is 17.8 Å². The first-order valence-electron chi connectivity index (χ1n) is 8.63. The fraction of sp³-hybridized carbons (Fsp3) is 0.190. The van der Waals surface area contributed by atoms with Gasteiger partial charge in [-0.25, -0.2) is 9.59 Å². The molecular weight excluding hydrogens is 376 g/mol. The topological polar surface area (TPSA) is 84.5 Å². The van der Waals surface area contributed by atoms with Gasteiger partial charge in [0.1, 0.15) is 0 Å². The third kappa shape index (κ3) is 7.28. The Morgan fingerprint density at radius 1 is 1.07 bits per heavy atom. The summed E-state index contributed by atoms with van der Waals surface area (Å²) in [5, 5.41) is 4.72. The summed E-state index contributed by atoms with van der Waals surface area (Å²) in [5.41, 5.74) is 1.74. The number of benzene rings is 2. The maximum absolute atomic E-state index is 12.0. The quantitative estimate of drug-likeness (QED) is 0.424. The van der Waals surface area contributed by atoms with Crippen molar-refractivity contribution in [3.05, 3.63) is 71.8 Å². The van der Waals surface area contributed by atoms with Gasteiger partial charge in [-0.1, -0.05) is 42.5 Å². The van der Waals surface area contributed by atoms with Crippen molar-refractivity contribution in [2.45, 2.75) is 24.5 Å². The van der Waals surface area contributed by atoms with Crippen molar-refractivity contribution in [2.24, 2.45) is 0 Å². The van der Waals surface area contributed by atoms with Gasteiger partial charge in [-0.2, -0.15) is 0 Å². The number of hydrogen-bond donors (Lipinski definition) is 2. The highest BCUT2D eigenvalue weighted by Gasteiger charge is 2.18. The number of hydrogen-bond acceptors (Lipinski definition) is 5. The average Bonchev–Trinajstić information content (AvgIpc) is 2.71. The fourth-order valence-corrected chi connectivity index (χ4v) is 2.59. The monoisotopic (exact) mass is 398 g/mol. The van der Waals surface area contributed by atoms with E-state index in [9.17, 15) is 14.4 Å². The molecule has 1 atom stereocenters. The lowest BCUT2D eigenvalue weighted by Crippen LogP contribution is -2.44. The van der Waals surface area contributed by atoms with Crippen molar-refractivity contribution in [2.75, 3.05) is 6.26 Å². The van der Waals surface area contributed by atoms with Crippen LogP contribution in [0.25, 0.3) is 6.08 Å². The lowest BCUT2D eigenvalue weighted by Gasteiger charge is -2.12. The van der Waals surface area contributed by atoms with E-state index in [0.717, 1.165) is 16.0 Å². The van der Waals surface area contributed by atoms with Crippen LogP contribution < -0.4 is 10.6 Å². The minimum Gasteiger partial charge on any atom is -0.449 e. The summed E-state index contributed by atoms with van der Waals surface area (Å²) in [6.45, 7) is 1.69. The van der Waals surface area contributed by atoms with Gasteiger partial charge in [0.25, 0.3) is 5.91 Å². The first-order chi connectivity index (χ1) is 13.5. The normalized spacial score (nSPS) is 11.6. The number of esters is 1. The first kappa shape index (κ1) is 21.2. The first-order valence-corrected chi connectivity index (χ1v) is 9.86. The van der Waals surface area contributed by atoms with E-state index in [1.165, 1.54) is 13.0 Å². The molecule has 0 aliphatic heterocycles. The van der Waals surface area contributed by atoms with E-state index in [1.807, 2.05) is 60.9 Å². The molecule has 7 heteroatoms. The molecule has 0 radical (unpaired) electrons. The van der Waals surface area contributed by atoms with Gasteiger partial charge in [0.15, 0.2) is 6.10 Å². The zero-order valence-electron chi connectivity index (χ0n) is 15.7. The van der Waals surface area contributed by atoms with E-state index in [4.69, 9.17) is 4.74 Å². The molecule has 0 aliphatic carbocycles. The lowest BCUT2D eigenvalue weighted by atomic mass is 10.2. The van der Waals surface area contributed by atoms with E-state index in [2.05, 4.69) is 10.6 Å². The smallest absolute Gasteiger partial charge is 0.331 e. The van der Waals surface area contributed by atoms with Crippen molar-refractivity contribution in [1.82, 2.24) is 10.6 Å². The summed E-state index contributed by atoms with van der Waals surface area (Å²) in [6, 6.07) is 16.3. The van der Waals surface area contributed by atoms with Crippen molar-refractivity contribution in [3.63, 3.8) is 0 Å². The third-order valence-corrected chi connectivity index (χ3v) is 4.47. The highest BCUT2D eigenvalue weighted by Crippen LogP contribution is 2.15. The van der Waals surface area contributed by atoms with Gasteiger partial charge in [0, 0.05) is 17.5 Å². The summed E-state index contributed by atoms with van der Waals surface area (Å²) in [7, 11) is 0. The summed E-state index contributed by atoms with van der Waals surface area (Å²) >= 11 is 1.63. The van der Waals surface area contributed by atoms with Gasteiger partial charge >= 0.3 is 12.0 Å². The largest absolute Gasteiger partial charge is 0.449 e. The van der Waals surface area contributed by atoms with Crippen molar-refractivity contribution in [3.8, 4) is 0 Å². The number of carbonyl (C=O) groups is 3. The Morgan fingerprint density at radius 3 is 2.39 bits per heavy atom. The van der Waals surface area contributed by atoms with Crippen LogP contribution in [0.1, 0.15) is 18.1 Å². The van der Waals surface area contributed by atoms with E-state index in [0.29, 0.717) is 0 Å². The average molecular weight is 398 g/mol. The molecule has 28 heavy (non-hydrogen) atoms. The van der Waals surface area contributed by atoms with E-state index >= 15 is 0 Å². The molecule has 0 fully saturated rings. The predicted octanol–water partition coefficient (Wildman–Crippen LogP) is 3.38. The molecular formula is C21H22N2O4S. The zero-order valence-corrected chi connectivity index (χ0v) is 16.5. The number of thioether (sulfide) groups is 1. The Bertz CT molecular complexity index is 835. The molecule has 0 aromatic heterocycles. The van der Waals surface area contributed by atoms with Crippen molar-refractivity contribution < 1.29 is 19.1 Å². The second kappa shape index (κ2) is 10.9. The molecule has 0 bridgehead atoms. The Labute approximate surface area is 168 Å². The molecule has 0 aliphatic rings. The Kier molecular flexibility index (Phi) is 8.30. The minimum absolute atomic E-state index is 0.284. The molecule has 0 spiro atoms. The number of nitrogens with one attached hydrogen (secondary N) is 2. The standard InChI is InChI=1S/C21H22N2O4S/c1-15(20(25)23-21(26)22-14-17-6-4-3-5-7-17)27-19(24)13-10-16-8-11-18(28-2)12-9-16/h3-13,15H,14H2,1-2H3,(H2,22,23,25,26)/b13-10+/t15-/m1/s1. The number of urea groups is 1. The maximum atomic E-state index is 12.0. The zero-order chi connectivity index (χ0) is 20.4. The molecule has 3 amide bonds. The lowest BCUT2D eigenvalue weighted by molar-refractivity contribution is -0.149. The van der Waals surface area contributed by atoms with Crippen molar-refractivity contribution >= 4 is 35.7 Å². The fourth-order valence-electron chi connectivity index (χ4n) is 2.18. The van der Waals surface area contributed by atoms with Crippen LogP contribution in [0.3, 0.4) is 0 Å². The van der Waals surface area contributed by atoms with Crippen LogP contribution in [0.4, 0.5) is 4.79 Å². The van der Waals surface area contributed by atoms with Gasteiger partial charge in [-0.15, -0.1) is 11.8 Å². The van der Waals surface area contributed by atoms with Crippen LogP contribution in [0, 0.1) is 0 Å². The number of imide groups is 1. The van der Waals surface area contributed by atoms with Crippen LogP contribution in [0.5, 0.6) is 0 Å². The Morgan fingerprint density at radius 2 is 1.75 bits per heavy atom. The molecule has 0 heterocycles. The molecule has 0 saturated carbocycles. The second-order valence-corrected chi connectivity index (χ2v) is 6.72. The predicted molar refractivity (Wildman–Crippen MR) is 110 cm³/mol.